The Morgan fingerprint density at radius 1 is 0.933 bits per heavy atom. The van der Waals surface area contributed by atoms with E-state index in [0.717, 1.165) is 39.3 Å². The molecule has 30 heavy (non-hydrogen) atoms. The lowest BCUT2D eigenvalue weighted by molar-refractivity contribution is -0.123. The van der Waals surface area contributed by atoms with E-state index in [0.29, 0.717) is 4.91 Å². The number of carbonyl (C=O) groups is 2. The number of hydrogen-bond acceptors (Lipinski definition) is 4. The molecule has 0 radical (unpaired) electrons. The molecule has 4 nitrogen and oxygen atoms in total. The average molecular weight is 415 g/mol. The van der Waals surface area contributed by atoms with Crippen LogP contribution in [-0.2, 0) is 11.3 Å². The molecule has 0 saturated carbocycles. The highest BCUT2D eigenvalue weighted by Gasteiger charge is 2.34. The standard InChI is InChI=1S/C25H22N2O2S/c1-26(2)21-15-13-18(14-16-21)7-5-12-23-24(28)27(25(29)30-23)17-20-10-6-9-19-8-3-4-11-22(19)20/h3-16H,17H2,1-2H3/b7-5+,23-12+. The number of thioether (sulfide) groups is 1. The van der Waals surface area contributed by atoms with Crippen molar-refractivity contribution in [2.45, 2.75) is 6.54 Å². The van der Waals surface area contributed by atoms with E-state index in [4.69, 9.17) is 0 Å². The summed E-state index contributed by atoms with van der Waals surface area (Å²) in [6.07, 6.45) is 5.46. The number of carbonyl (C=O) groups excluding carboxylic acids is 2. The first-order valence-electron chi connectivity index (χ1n) is 9.69. The van der Waals surface area contributed by atoms with Crippen molar-refractivity contribution in [3.63, 3.8) is 0 Å². The van der Waals surface area contributed by atoms with Crippen LogP contribution >= 0.6 is 11.8 Å². The summed E-state index contributed by atoms with van der Waals surface area (Å²) in [5.74, 6) is -0.245. The highest BCUT2D eigenvalue weighted by atomic mass is 32.2. The summed E-state index contributed by atoms with van der Waals surface area (Å²) in [4.78, 5) is 29.1. The maximum absolute atomic E-state index is 12.8. The predicted molar refractivity (Wildman–Crippen MR) is 125 cm³/mol. The zero-order valence-corrected chi connectivity index (χ0v) is 17.7. The molecule has 1 heterocycles. The Morgan fingerprint density at radius 2 is 1.67 bits per heavy atom. The van der Waals surface area contributed by atoms with Crippen molar-refractivity contribution in [3.05, 3.63) is 94.9 Å². The molecule has 150 valence electrons. The number of allylic oxidation sites excluding steroid dienone is 2. The van der Waals surface area contributed by atoms with E-state index in [1.165, 1.54) is 4.90 Å². The lowest BCUT2D eigenvalue weighted by Gasteiger charge is -2.14. The minimum atomic E-state index is -0.245. The SMILES string of the molecule is CN(C)c1ccc(/C=C/C=C2/SC(=O)N(Cc3cccc4ccccc34)C2=O)cc1. The number of nitrogens with zero attached hydrogens (tertiary/aromatic N) is 2. The van der Waals surface area contributed by atoms with Gasteiger partial charge in [-0.2, -0.15) is 0 Å². The first kappa shape index (κ1) is 20.0. The van der Waals surface area contributed by atoms with E-state index in [1.54, 1.807) is 6.08 Å². The molecule has 5 heteroatoms. The van der Waals surface area contributed by atoms with Crippen LogP contribution in [-0.4, -0.2) is 30.1 Å². The molecular weight excluding hydrogens is 392 g/mol. The van der Waals surface area contributed by atoms with Crippen LogP contribution in [0.1, 0.15) is 11.1 Å². The number of anilines is 1. The molecular formula is C25H22N2O2S. The Morgan fingerprint density at radius 3 is 2.43 bits per heavy atom. The number of amides is 2. The van der Waals surface area contributed by atoms with Gasteiger partial charge in [0.25, 0.3) is 11.1 Å². The van der Waals surface area contributed by atoms with Crippen LogP contribution in [0.5, 0.6) is 0 Å². The molecule has 1 aliphatic rings. The minimum Gasteiger partial charge on any atom is -0.378 e. The quantitative estimate of drug-likeness (QED) is 0.502. The number of hydrogen-bond donors (Lipinski definition) is 0. The highest BCUT2D eigenvalue weighted by Crippen LogP contribution is 2.33. The van der Waals surface area contributed by atoms with E-state index >= 15 is 0 Å². The van der Waals surface area contributed by atoms with Gasteiger partial charge in [0.1, 0.15) is 0 Å². The maximum atomic E-state index is 12.8. The fourth-order valence-electron chi connectivity index (χ4n) is 3.38. The fourth-order valence-corrected chi connectivity index (χ4v) is 4.17. The molecule has 3 aromatic carbocycles. The van der Waals surface area contributed by atoms with Gasteiger partial charge >= 0.3 is 0 Å². The zero-order chi connectivity index (χ0) is 21.1. The van der Waals surface area contributed by atoms with Crippen LogP contribution in [0.3, 0.4) is 0 Å². The molecule has 1 aliphatic heterocycles. The maximum Gasteiger partial charge on any atom is 0.293 e. The Labute approximate surface area is 180 Å². The van der Waals surface area contributed by atoms with Gasteiger partial charge in [0, 0.05) is 19.8 Å². The summed E-state index contributed by atoms with van der Waals surface area (Å²) in [7, 11) is 4.00. The third-order valence-corrected chi connectivity index (χ3v) is 5.95. The highest BCUT2D eigenvalue weighted by molar-refractivity contribution is 8.18. The van der Waals surface area contributed by atoms with Gasteiger partial charge in [0.05, 0.1) is 11.4 Å². The third kappa shape index (κ3) is 4.16. The van der Waals surface area contributed by atoms with Gasteiger partial charge in [0.15, 0.2) is 0 Å². The molecule has 0 bridgehead atoms. The van der Waals surface area contributed by atoms with Crippen LogP contribution in [0.25, 0.3) is 16.8 Å². The van der Waals surface area contributed by atoms with Crippen molar-refractivity contribution in [2.24, 2.45) is 0 Å². The predicted octanol–water partition coefficient (Wildman–Crippen LogP) is 5.70. The van der Waals surface area contributed by atoms with E-state index in [2.05, 4.69) is 0 Å². The van der Waals surface area contributed by atoms with Gasteiger partial charge in [-0.25, -0.2) is 0 Å². The Hall–Kier alpha value is -3.31. The first-order valence-corrected chi connectivity index (χ1v) is 10.5. The molecule has 0 spiro atoms. The second-order valence-corrected chi connectivity index (χ2v) is 8.27. The summed E-state index contributed by atoms with van der Waals surface area (Å²) in [6.45, 7) is 0.277. The number of benzene rings is 3. The summed E-state index contributed by atoms with van der Waals surface area (Å²) < 4.78 is 0. The van der Waals surface area contributed by atoms with Crippen molar-refractivity contribution in [1.82, 2.24) is 4.90 Å². The molecule has 0 N–H and O–H groups in total. The van der Waals surface area contributed by atoms with Gasteiger partial charge in [0.2, 0.25) is 0 Å². The van der Waals surface area contributed by atoms with Crippen molar-refractivity contribution in [1.29, 1.82) is 0 Å². The lowest BCUT2D eigenvalue weighted by atomic mass is 10.0. The van der Waals surface area contributed by atoms with Crippen LogP contribution < -0.4 is 4.90 Å². The molecule has 1 saturated heterocycles. The molecule has 4 rings (SSSR count). The van der Waals surface area contributed by atoms with E-state index < -0.39 is 0 Å². The molecule has 2 amide bonds. The normalized spacial score (nSPS) is 15.7. The van der Waals surface area contributed by atoms with Gasteiger partial charge in [-0.1, -0.05) is 66.7 Å². The fraction of sp³-hybridized carbons (Fsp3) is 0.120. The van der Waals surface area contributed by atoms with Crippen LogP contribution in [0.4, 0.5) is 10.5 Å². The van der Waals surface area contributed by atoms with E-state index in [-0.39, 0.29) is 17.7 Å². The van der Waals surface area contributed by atoms with Gasteiger partial charge in [-0.05, 0) is 51.9 Å². The minimum absolute atomic E-state index is 0.233. The largest absolute Gasteiger partial charge is 0.378 e. The first-order chi connectivity index (χ1) is 14.5. The van der Waals surface area contributed by atoms with Gasteiger partial charge in [-0.3, -0.25) is 14.5 Å². The summed E-state index contributed by atoms with van der Waals surface area (Å²) in [5, 5.41) is 1.92. The van der Waals surface area contributed by atoms with Crippen LogP contribution in [0, 0.1) is 0 Å². The summed E-state index contributed by atoms with van der Waals surface area (Å²) in [6, 6.07) is 22.1. The van der Waals surface area contributed by atoms with Crippen LogP contribution in [0.2, 0.25) is 0 Å². The molecule has 1 fully saturated rings. The molecule has 0 unspecified atom stereocenters. The number of imide groups is 1. The van der Waals surface area contributed by atoms with Crippen molar-refractivity contribution in [3.8, 4) is 0 Å². The Kier molecular flexibility index (Phi) is 5.72. The van der Waals surface area contributed by atoms with Crippen molar-refractivity contribution >= 4 is 45.4 Å². The lowest BCUT2D eigenvalue weighted by Crippen LogP contribution is -2.27. The Bertz CT molecular complexity index is 1160. The van der Waals surface area contributed by atoms with Crippen molar-refractivity contribution in [2.75, 3.05) is 19.0 Å². The number of rotatable bonds is 5. The van der Waals surface area contributed by atoms with Crippen molar-refractivity contribution < 1.29 is 9.59 Å². The molecule has 0 aromatic heterocycles. The monoisotopic (exact) mass is 414 g/mol. The molecule has 3 aromatic rings. The second kappa shape index (κ2) is 8.59. The Balaban J connectivity index is 1.49. The second-order valence-electron chi connectivity index (χ2n) is 7.27. The topological polar surface area (TPSA) is 40.6 Å². The van der Waals surface area contributed by atoms with E-state index in [9.17, 15) is 9.59 Å². The molecule has 0 aliphatic carbocycles. The average Bonchev–Trinajstić information content (AvgIpc) is 3.02. The van der Waals surface area contributed by atoms with Gasteiger partial charge < -0.3 is 4.90 Å². The van der Waals surface area contributed by atoms with Gasteiger partial charge in [-0.15, -0.1) is 0 Å². The number of fused-ring (bicyclic) bond motifs is 1. The summed E-state index contributed by atoms with van der Waals surface area (Å²) >= 11 is 0.989. The van der Waals surface area contributed by atoms with E-state index in [1.807, 2.05) is 97.9 Å². The smallest absolute Gasteiger partial charge is 0.293 e. The third-order valence-electron chi connectivity index (χ3n) is 5.03. The molecule has 0 atom stereocenters. The summed E-state index contributed by atoms with van der Waals surface area (Å²) in [5.41, 5.74) is 3.13. The zero-order valence-electron chi connectivity index (χ0n) is 16.9. The van der Waals surface area contributed by atoms with Crippen LogP contribution in [0.15, 0.2) is 83.8 Å².